The molecule has 0 fully saturated rings. The lowest BCUT2D eigenvalue weighted by Crippen LogP contribution is -2.41. The Morgan fingerprint density at radius 1 is 1.71 bits per heavy atom. The highest BCUT2D eigenvalue weighted by molar-refractivity contribution is 5.81. The van der Waals surface area contributed by atoms with Crippen molar-refractivity contribution in [1.82, 2.24) is 14.9 Å². The van der Waals surface area contributed by atoms with Crippen LogP contribution in [0.25, 0.3) is 0 Å². The first-order chi connectivity index (χ1) is 6.74. The van der Waals surface area contributed by atoms with Crippen LogP contribution in [0, 0.1) is 0 Å². The zero-order valence-electron chi connectivity index (χ0n) is 8.31. The summed E-state index contributed by atoms with van der Waals surface area (Å²) in [5.41, 5.74) is 5.54. The summed E-state index contributed by atoms with van der Waals surface area (Å²) in [6.45, 7) is 3.20. The van der Waals surface area contributed by atoms with Gasteiger partial charge in [-0.1, -0.05) is 6.92 Å². The van der Waals surface area contributed by atoms with E-state index in [2.05, 4.69) is 10.3 Å². The largest absolute Gasteiger partial charge is 0.353 e. The fraction of sp³-hybridized carbons (Fsp3) is 0.556. The van der Waals surface area contributed by atoms with Crippen molar-refractivity contribution < 1.29 is 4.79 Å². The number of nitrogens with zero attached hydrogens (tertiary/aromatic N) is 2. The van der Waals surface area contributed by atoms with Gasteiger partial charge in [0.25, 0.3) is 0 Å². The number of carbonyl (C=O) groups excluding carboxylic acids is 1. The summed E-state index contributed by atoms with van der Waals surface area (Å²) in [6.07, 6.45) is 5.94. The molecule has 78 valence electrons. The molecule has 1 amide bonds. The van der Waals surface area contributed by atoms with Gasteiger partial charge in [-0.05, 0) is 6.42 Å². The molecule has 1 heterocycles. The highest BCUT2D eigenvalue weighted by Crippen LogP contribution is 1.87. The summed E-state index contributed by atoms with van der Waals surface area (Å²) in [4.78, 5) is 15.1. The van der Waals surface area contributed by atoms with Crippen LogP contribution in [0.2, 0.25) is 0 Å². The minimum atomic E-state index is -0.391. The third kappa shape index (κ3) is 3.18. The molecule has 0 saturated heterocycles. The van der Waals surface area contributed by atoms with Gasteiger partial charge >= 0.3 is 0 Å². The van der Waals surface area contributed by atoms with Gasteiger partial charge in [0.05, 0.1) is 12.4 Å². The van der Waals surface area contributed by atoms with Gasteiger partial charge < -0.3 is 15.6 Å². The Hall–Kier alpha value is -1.36. The lowest BCUT2D eigenvalue weighted by molar-refractivity contribution is -0.122. The Bertz CT molecular complexity index is 270. The number of aromatic nitrogens is 2. The zero-order valence-corrected chi connectivity index (χ0v) is 8.31. The van der Waals surface area contributed by atoms with Crippen LogP contribution in [0.3, 0.4) is 0 Å². The molecule has 0 saturated carbocycles. The van der Waals surface area contributed by atoms with Crippen LogP contribution in [0.1, 0.15) is 13.3 Å². The predicted octanol–water partition coefficient (Wildman–Crippen LogP) is -0.263. The second kappa shape index (κ2) is 5.39. The van der Waals surface area contributed by atoms with E-state index in [9.17, 15) is 4.79 Å². The van der Waals surface area contributed by atoms with Gasteiger partial charge in [-0.2, -0.15) is 0 Å². The number of nitrogens with one attached hydrogen (secondary N) is 1. The number of amides is 1. The Labute approximate surface area is 83.3 Å². The van der Waals surface area contributed by atoms with Crippen LogP contribution >= 0.6 is 0 Å². The van der Waals surface area contributed by atoms with Crippen LogP contribution < -0.4 is 11.1 Å². The van der Waals surface area contributed by atoms with E-state index in [0.717, 1.165) is 6.54 Å². The molecule has 1 aromatic heterocycles. The van der Waals surface area contributed by atoms with Gasteiger partial charge in [0.2, 0.25) is 5.91 Å². The molecule has 1 rings (SSSR count). The first-order valence-corrected chi connectivity index (χ1v) is 4.73. The maximum absolute atomic E-state index is 11.2. The van der Waals surface area contributed by atoms with Crippen molar-refractivity contribution in [2.45, 2.75) is 25.9 Å². The maximum Gasteiger partial charge on any atom is 0.236 e. The van der Waals surface area contributed by atoms with Crippen molar-refractivity contribution in [3.63, 3.8) is 0 Å². The fourth-order valence-corrected chi connectivity index (χ4v) is 1.04. The minimum absolute atomic E-state index is 0.0902. The molecule has 0 aliphatic heterocycles. The lowest BCUT2D eigenvalue weighted by atomic mass is 10.2. The molecular formula is C9H16N4O. The third-order valence-electron chi connectivity index (χ3n) is 2.01. The number of hydrogen-bond acceptors (Lipinski definition) is 3. The van der Waals surface area contributed by atoms with Gasteiger partial charge in [-0.25, -0.2) is 4.98 Å². The first-order valence-electron chi connectivity index (χ1n) is 4.73. The van der Waals surface area contributed by atoms with E-state index in [1.807, 2.05) is 17.7 Å². The molecule has 5 heteroatoms. The number of imidazole rings is 1. The van der Waals surface area contributed by atoms with E-state index < -0.39 is 6.04 Å². The van der Waals surface area contributed by atoms with Crippen molar-refractivity contribution in [3.05, 3.63) is 18.7 Å². The van der Waals surface area contributed by atoms with E-state index in [1.54, 1.807) is 12.5 Å². The smallest absolute Gasteiger partial charge is 0.236 e. The minimum Gasteiger partial charge on any atom is -0.353 e. The monoisotopic (exact) mass is 196 g/mol. The standard InChI is InChI=1S/C9H16N4O/c1-2-8(10)9(14)12-4-6-13-5-3-11-7-13/h3,5,7-8H,2,4,6,10H2,1H3,(H,12,14)/t8-/m0/s1. The zero-order chi connectivity index (χ0) is 10.4. The third-order valence-corrected chi connectivity index (χ3v) is 2.01. The summed E-state index contributed by atoms with van der Waals surface area (Å²) in [6, 6.07) is -0.391. The molecule has 1 atom stereocenters. The molecule has 0 aliphatic rings. The Kier molecular flexibility index (Phi) is 4.12. The van der Waals surface area contributed by atoms with Crippen molar-refractivity contribution in [2.75, 3.05) is 6.54 Å². The first kappa shape index (κ1) is 10.7. The highest BCUT2D eigenvalue weighted by atomic mass is 16.2. The summed E-state index contributed by atoms with van der Waals surface area (Å²) in [5.74, 6) is -0.0902. The van der Waals surface area contributed by atoms with E-state index >= 15 is 0 Å². The van der Waals surface area contributed by atoms with E-state index in [1.165, 1.54) is 0 Å². The van der Waals surface area contributed by atoms with Gasteiger partial charge in [0, 0.05) is 25.5 Å². The summed E-state index contributed by atoms with van der Waals surface area (Å²) < 4.78 is 1.90. The lowest BCUT2D eigenvalue weighted by Gasteiger charge is -2.09. The summed E-state index contributed by atoms with van der Waals surface area (Å²) >= 11 is 0. The number of carbonyl (C=O) groups is 1. The SMILES string of the molecule is CC[C@H](N)C(=O)NCCn1ccnc1. The molecule has 0 aliphatic carbocycles. The van der Waals surface area contributed by atoms with Gasteiger partial charge in [-0.3, -0.25) is 4.79 Å². The molecule has 0 radical (unpaired) electrons. The molecule has 0 aromatic carbocycles. The summed E-state index contributed by atoms with van der Waals surface area (Å²) in [5, 5.41) is 2.76. The van der Waals surface area contributed by atoms with Crippen molar-refractivity contribution in [1.29, 1.82) is 0 Å². The number of rotatable bonds is 5. The normalized spacial score (nSPS) is 12.4. The average molecular weight is 196 g/mol. The molecule has 0 unspecified atom stereocenters. The number of nitrogens with two attached hydrogens (primary N) is 1. The quantitative estimate of drug-likeness (QED) is 0.681. The van der Waals surface area contributed by atoms with Crippen LogP contribution in [-0.2, 0) is 11.3 Å². The Morgan fingerprint density at radius 2 is 2.50 bits per heavy atom. The highest BCUT2D eigenvalue weighted by Gasteiger charge is 2.08. The molecule has 1 aromatic rings. The van der Waals surface area contributed by atoms with Gasteiger partial charge in [0.1, 0.15) is 0 Å². The maximum atomic E-state index is 11.2. The Morgan fingerprint density at radius 3 is 3.07 bits per heavy atom. The topological polar surface area (TPSA) is 72.9 Å². The molecule has 3 N–H and O–H groups in total. The van der Waals surface area contributed by atoms with Crippen LogP contribution in [0.4, 0.5) is 0 Å². The molecular weight excluding hydrogens is 180 g/mol. The summed E-state index contributed by atoms with van der Waals surface area (Å²) in [7, 11) is 0. The van der Waals surface area contributed by atoms with Crippen molar-refractivity contribution >= 4 is 5.91 Å². The van der Waals surface area contributed by atoms with Crippen LogP contribution in [0.15, 0.2) is 18.7 Å². The second-order valence-corrected chi connectivity index (χ2v) is 3.11. The van der Waals surface area contributed by atoms with Gasteiger partial charge in [0.15, 0.2) is 0 Å². The van der Waals surface area contributed by atoms with Crippen LogP contribution in [-0.4, -0.2) is 28.0 Å². The fourth-order valence-electron chi connectivity index (χ4n) is 1.04. The second-order valence-electron chi connectivity index (χ2n) is 3.11. The van der Waals surface area contributed by atoms with E-state index in [-0.39, 0.29) is 5.91 Å². The van der Waals surface area contributed by atoms with Crippen molar-refractivity contribution in [3.8, 4) is 0 Å². The average Bonchev–Trinajstić information content (AvgIpc) is 2.69. The molecule has 14 heavy (non-hydrogen) atoms. The molecule has 0 spiro atoms. The van der Waals surface area contributed by atoms with Crippen molar-refractivity contribution in [2.24, 2.45) is 5.73 Å². The molecule has 0 bridgehead atoms. The number of hydrogen-bond donors (Lipinski definition) is 2. The molecule has 5 nitrogen and oxygen atoms in total. The van der Waals surface area contributed by atoms with Crippen LogP contribution in [0.5, 0.6) is 0 Å². The predicted molar refractivity (Wildman–Crippen MR) is 53.5 cm³/mol. The van der Waals surface area contributed by atoms with Gasteiger partial charge in [-0.15, -0.1) is 0 Å². The van der Waals surface area contributed by atoms with E-state index in [0.29, 0.717) is 13.0 Å². The Balaban J connectivity index is 2.18. The van der Waals surface area contributed by atoms with E-state index in [4.69, 9.17) is 5.73 Å².